The first-order valence-electron chi connectivity index (χ1n) is 48.4. The molecule has 750 valence electrons. The topological polar surface area (TPSA) is 368 Å². The van der Waals surface area contributed by atoms with E-state index >= 15 is 0 Å². The molecule has 0 spiro atoms. The molecule has 12 aromatic heterocycles. The highest BCUT2D eigenvalue weighted by Crippen LogP contribution is 2.31. The molecule has 18 heterocycles. The molecule has 142 heavy (non-hydrogen) atoms. The second kappa shape index (κ2) is 52.7. The van der Waals surface area contributed by atoms with Crippen molar-refractivity contribution in [2.24, 2.45) is 11.8 Å². The normalized spacial score (nSPS) is 19.3. The van der Waals surface area contributed by atoms with Gasteiger partial charge in [0, 0.05) is 221 Å². The Hall–Kier alpha value is -12.2. The highest BCUT2D eigenvalue weighted by molar-refractivity contribution is 7.10. The number of aryl methyl sites for hydroxylation is 12. The summed E-state index contributed by atoms with van der Waals surface area (Å²) >= 11 is 4.53. The third-order valence-electron chi connectivity index (χ3n) is 23.3. The van der Waals surface area contributed by atoms with Gasteiger partial charge in [0.25, 0.3) is 0 Å². The van der Waals surface area contributed by atoms with Crippen molar-refractivity contribution in [2.45, 2.75) is 243 Å². The van der Waals surface area contributed by atoms with E-state index in [0.29, 0.717) is 120 Å². The van der Waals surface area contributed by atoms with Crippen molar-refractivity contribution in [1.29, 1.82) is 0 Å². The highest BCUT2D eigenvalue weighted by Gasteiger charge is 2.31. The second-order valence-corrected chi connectivity index (χ2v) is 39.8. The first-order valence-corrected chi connectivity index (χ1v) is 51.0. The minimum atomic E-state index is -0.0593. The fourth-order valence-electron chi connectivity index (χ4n) is 16.0. The Labute approximate surface area is 842 Å². The number of ether oxygens (including phenoxy) is 12. The molecular weight excluding hydrogens is 1860 g/mol. The van der Waals surface area contributed by atoms with Crippen molar-refractivity contribution in [1.82, 2.24) is 59.8 Å². The number of pyridine rings is 9. The number of carbonyl (C=O) groups is 6. The summed E-state index contributed by atoms with van der Waals surface area (Å²) in [4.78, 5) is 127. The molecule has 6 aliphatic rings. The Morgan fingerprint density at radius 1 is 0.310 bits per heavy atom. The molecule has 10 atom stereocenters. The van der Waals surface area contributed by atoms with Crippen molar-refractivity contribution >= 4 is 68.7 Å². The number of hydrogen-bond acceptors (Lipinski definition) is 33. The number of aromatic nitrogens is 12. The van der Waals surface area contributed by atoms with E-state index < -0.39 is 0 Å². The zero-order chi connectivity index (χ0) is 101. The van der Waals surface area contributed by atoms with Gasteiger partial charge in [0.1, 0.15) is 108 Å². The van der Waals surface area contributed by atoms with Crippen LogP contribution in [0.3, 0.4) is 0 Å². The third-order valence-corrected chi connectivity index (χ3v) is 26.2. The van der Waals surface area contributed by atoms with Crippen LogP contribution >= 0.6 is 34.0 Å². The van der Waals surface area contributed by atoms with Crippen molar-refractivity contribution in [3.8, 4) is 34.5 Å². The smallest absolute Gasteiger partial charge is 0.188 e. The lowest BCUT2D eigenvalue weighted by Crippen LogP contribution is -2.17. The average Bonchev–Trinajstić information content (AvgIpc) is 1.33. The van der Waals surface area contributed by atoms with Gasteiger partial charge < -0.3 is 56.8 Å². The Morgan fingerprint density at radius 2 is 0.577 bits per heavy atom. The van der Waals surface area contributed by atoms with E-state index in [0.717, 1.165) is 171 Å². The van der Waals surface area contributed by atoms with Crippen LogP contribution in [0.5, 0.6) is 34.5 Å². The average molecular weight is 1990 g/mol. The van der Waals surface area contributed by atoms with E-state index in [-0.39, 0.29) is 122 Å². The van der Waals surface area contributed by atoms with E-state index in [1.807, 2.05) is 193 Å². The maximum Gasteiger partial charge on any atom is 0.188 e. The van der Waals surface area contributed by atoms with Crippen molar-refractivity contribution in [3.63, 3.8) is 0 Å². The lowest BCUT2D eigenvalue weighted by atomic mass is 10.1. The maximum atomic E-state index is 12.5. The number of Topliss-reactive ketones (excluding diaryl/α,β-unsaturated/α-hetero) is 6. The van der Waals surface area contributed by atoms with Crippen LogP contribution in [0.4, 0.5) is 0 Å². The van der Waals surface area contributed by atoms with Crippen LogP contribution in [0.1, 0.15) is 236 Å². The van der Waals surface area contributed by atoms with E-state index in [2.05, 4.69) is 66.7 Å². The molecule has 0 aromatic carbocycles. The van der Waals surface area contributed by atoms with E-state index in [1.54, 1.807) is 55.0 Å². The summed E-state index contributed by atoms with van der Waals surface area (Å²) in [6, 6.07) is 32.9. The lowest BCUT2D eigenvalue weighted by molar-refractivity contribution is 0.0976. The van der Waals surface area contributed by atoms with Gasteiger partial charge in [0.05, 0.1) is 121 Å². The van der Waals surface area contributed by atoms with Gasteiger partial charge in [-0.15, -0.1) is 34.0 Å². The molecule has 0 amide bonds. The van der Waals surface area contributed by atoms with Crippen LogP contribution in [0.25, 0.3) is 0 Å². The summed E-state index contributed by atoms with van der Waals surface area (Å²) in [6.07, 6.45) is 14.2. The SMILES string of the molecule is CCc1csc(CC(=O)c2cc(O[C@H]3CO[C@H](C)C3)cc(C)n2)n1.Cc1cc(OC[C@H]2CCOC2)cc(C(=O)Cc2nc(C)cs2)n1.Cc1cc(O[C@H]2CO[C@H](C)C2)cc(C(=O)Cc2nc(C)cs2)n1.Cc1ccc(CC(=O)c2cc(OC[C@H]3CCOC3)cc(C)n2)nc1.Cc1ccc(CC(=O)c2cc(O[C@H]3CO[C@@H](C)C3)cc(C)n2)nc1.Cc1ccc(CC(=O)c2cc(O[C@H]3CO[C@H](C)C3)cc(C)n2)nc1. The second-order valence-electron chi connectivity index (χ2n) is 37.0. The van der Waals surface area contributed by atoms with Crippen LogP contribution in [0.15, 0.2) is 144 Å². The molecule has 12 aromatic rings. The summed E-state index contributed by atoms with van der Waals surface area (Å²) in [6.45, 7) is 37.8. The maximum absolute atomic E-state index is 12.5. The van der Waals surface area contributed by atoms with Crippen molar-refractivity contribution in [3.05, 3.63) is 278 Å². The van der Waals surface area contributed by atoms with Crippen molar-refractivity contribution in [2.75, 3.05) is 66.1 Å². The van der Waals surface area contributed by atoms with Crippen LogP contribution in [0, 0.1) is 88.0 Å². The highest BCUT2D eigenvalue weighted by atomic mass is 32.1. The zero-order valence-electron chi connectivity index (χ0n) is 83.8. The van der Waals surface area contributed by atoms with E-state index in [1.165, 1.54) is 34.0 Å². The van der Waals surface area contributed by atoms with Crippen LogP contribution in [0.2, 0.25) is 0 Å². The molecule has 6 saturated heterocycles. The summed E-state index contributed by atoms with van der Waals surface area (Å²) < 4.78 is 68.2. The minimum absolute atomic E-state index is 0.0305. The molecule has 0 aliphatic carbocycles. The molecule has 6 aliphatic heterocycles. The molecule has 0 radical (unpaired) electrons. The summed E-state index contributed by atoms with van der Waals surface area (Å²) in [5.41, 5.74) is 15.6. The van der Waals surface area contributed by atoms with E-state index in [4.69, 9.17) is 56.8 Å². The van der Waals surface area contributed by atoms with Gasteiger partial charge in [-0.1, -0.05) is 25.1 Å². The van der Waals surface area contributed by atoms with E-state index in [9.17, 15) is 28.8 Å². The molecule has 18 rings (SSSR count). The lowest BCUT2D eigenvalue weighted by Gasteiger charge is -2.13. The molecule has 33 heteroatoms. The van der Waals surface area contributed by atoms with Crippen LogP contribution in [-0.2, 0) is 73.4 Å². The summed E-state index contributed by atoms with van der Waals surface area (Å²) in [5.74, 6) is 4.68. The molecule has 0 bridgehead atoms. The molecular formula is C109H128N12O18S3. The number of rotatable bonds is 33. The third kappa shape index (κ3) is 34.9. The predicted molar refractivity (Wildman–Crippen MR) is 541 cm³/mol. The quantitative estimate of drug-likeness (QED) is 0.0345. The van der Waals surface area contributed by atoms with Gasteiger partial charge in [-0.2, -0.15) is 0 Å². The molecule has 0 unspecified atom stereocenters. The standard InChI is InChI=1S/3C19H22N2O3.C18H22N2O3S.2C17H20N2O3S/c2*1-12-4-5-15(20-10-12)8-19(22)18-9-16(6-13(2)21-18)24-17-7-14(3)23-11-17;1-13-3-4-16(20-10-13)8-19(22)18-9-17(7-14(2)21-18)24-12-15-5-6-23-11-15;1-4-13-10-24-18(20-13)8-17(21)16-7-14(5-11(2)19-16)23-15-6-12(3)22-9-15;1-10-4-13(22-14-5-12(3)21-8-14)6-15(18-10)16(20)7-17-19-11(2)9-23-17;1-11-5-14(22-9-13-3-4-21-8-13)6-15(18-11)16(20)7-17-19-12(2)10-23-17/h2*4-6,9-10,14,17H,7-8,11H2,1-3H3;3-4,7,9-10,15H,5-6,8,11-12H2,1-2H3;5,7,10,12,15H,4,6,8-9H2,1-3H3;4,6,9,12,14H,5,7-8H2,1-3H3;5-6,10,13H,3-4,7-9H2,1-2H3/t14-,17+;14-,17-;15-;12-,15-;12-,14-;13-/m010110/s1. The number of carbonyl (C=O) groups excluding carboxylic acids is 6. The van der Waals surface area contributed by atoms with Gasteiger partial charge in [-0.25, -0.2) is 44.9 Å². The molecule has 6 fully saturated rings. The Morgan fingerprint density at radius 3 is 0.810 bits per heavy atom. The number of thiazole rings is 3. The minimum Gasteiger partial charge on any atom is -0.493 e. The number of hydrogen-bond donors (Lipinski definition) is 0. The Kier molecular flexibility index (Phi) is 39.8. The van der Waals surface area contributed by atoms with Crippen LogP contribution < -0.4 is 28.4 Å². The summed E-state index contributed by atoms with van der Waals surface area (Å²) in [7, 11) is 0. The van der Waals surface area contributed by atoms with Gasteiger partial charge in [-0.3, -0.25) is 43.7 Å². The molecule has 30 nitrogen and oxygen atoms in total. The summed E-state index contributed by atoms with van der Waals surface area (Å²) in [5, 5.41) is 8.37. The van der Waals surface area contributed by atoms with Gasteiger partial charge in [0.15, 0.2) is 34.7 Å². The molecule has 0 N–H and O–H groups in total. The fraction of sp³-hybridized carbons (Fsp3) is 0.450. The first-order chi connectivity index (χ1) is 68.2. The fourth-order valence-corrected chi connectivity index (χ4v) is 18.4. The zero-order valence-corrected chi connectivity index (χ0v) is 86.3. The predicted octanol–water partition coefficient (Wildman–Crippen LogP) is 18.6. The monoisotopic (exact) mass is 1990 g/mol. The molecule has 0 saturated carbocycles. The van der Waals surface area contributed by atoms with Gasteiger partial charge in [0.2, 0.25) is 0 Å². The Balaban J connectivity index is 0.000000143. The van der Waals surface area contributed by atoms with Gasteiger partial charge >= 0.3 is 0 Å². The Bertz CT molecular complexity index is 6100. The number of nitrogens with zero attached hydrogens (tertiary/aromatic N) is 12. The van der Waals surface area contributed by atoms with Gasteiger partial charge in [-0.05, 0) is 158 Å². The first kappa shape index (κ1) is 107. The van der Waals surface area contributed by atoms with Crippen LogP contribution in [-0.4, -0.2) is 209 Å². The number of ketones is 6. The largest absolute Gasteiger partial charge is 0.493 e. The van der Waals surface area contributed by atoms with Crippen molar-refractivity contribution < 1.29 is 85.6 Å².